The predicted octanol–water partition coefficient (Wildman–Crippen LogP) is 2.27. The zero-order valence-electron chi connectivity index (χ0n) is 9.00. The van der Waals surface area contributed by atoms with Crippen molar-refractivity contribution in [2.45, 2.75) is 30.9 Å². The van der Waals surface area contributed by atoms with E-state index in [0.717, 1.165) is 5.57 Å². The lowest BCUT2D eigenvalue weighted by Gasteiger charge is -2.20. The van der Waals surface area contributed by atoms with Crippen molar-refractivity contribution in [3.05, 3.63) is 23.5 Å². The van der Waals surface area contributed by atoms with Crippen molar-refractivity contribution in [2.24, 2.45) is 0 Å². The third-order valence-corrected chi connectivity index (χ3v) is 2.33. The van der Waals surface area contributed by atoms with Crippen molar-refractivity contribution < 1.29 is 9.53 Å². The average Bonchev–Trinajstić information content (AvgIpc) is 1.98. The monoisotopic (exact) mass is 322 g/mol. The molecule has 1 unspecified atom stereocenters. The van der Waals surface area contributed by atoms with Gasteiger partial charge in [0, 0.05) is 0 Å². The van der Waals surface area contributed by atoms with Gasteiger partial charge in [0.2, 0.25) is 0 Å². The molecule has 0 fully saturated rings. The van der Waals surface area contributed by atoms with Crippen molar-refractivity contribution in [3.63, 3.8) is 0 Å². The van der Waals surface area contributed by atoms with Gasteiger partial charge in [0.05, 0.1) is 10.2 Å². The quantitative estimate of drug-likeness (QED) is 0.466. The Hall–Kier alpha value is -0.720. The molecule has 84 valence electrons. The van der Waals surface area contributed by atoms with E-state index in [2.05, 4.69) is 39.3 Å². The molecule has 0 aromatic heterocycles. The van der Waals surface area contributed by atoms with Gasteiger partial charge in [-0.15, -0.1) is 0 Å². The lowest BCUT2D eigenvalue weighted by atomic mass is 10.2. The van der Waals surface area contributed by atoms with Gasteiger partial charge in [-0.1, -0.05) is 22.6 Å². The smallest absolute Gasteiger partial charge is 0.412 e. The fourth-order valence-electron chi connectivity index (χ4n) is 1.16. The van der Waals surface area contributed by atoms with E-state index >= 15 is 0 Å². The third-order valence-electron chi connectivity index (χ3n) is 1.65. The van der Waals surface area contributed by atoms with Crippen molar-refractivity contribution >= 4 is 28.7 Å². The highest BCUT2D eigenvalue weighted by Crippen LogP contribution is 2.12. The molecule has 15 heavy (non-hydrogen) atoms. The highest BCUT2D eigenvalue weighted by Gasteiger charge is 2.12. The van der Waals surface area contributed by atoms with Crippen LogP contribution >= 0.6 is 22.6 Å². The second kappa shape index (κ2) is 5.39. The molecule has 0 spiro atoms. The van der Waals surface area contributed by atoms with Crippen molar-refractivity contribution in [3.8, 4) is 0 Å². The van der Waals surface area contributed by atoms with E-state index in [1.807, 2.05) is 26.8 Å². The van der Waals surface area contributed by atoms with Gasteiger partial charge in [0.25, 0.3) is 0 Å². The van der Waals surface area contributed by atoms with Crippen LogP contribution in [0.25, 0.3) is 0 Å². The molecule has 1 atom stereocenters. The van der Waals surface area contributed by atoms with Crippen LogP contribution in [0.1, 0.15) is 20.8 Å². The Bertz CT molecular complexity index is 311. The van der Waals surface area contributed by atoms with E-state index in [-0.39, 0.29) is 10.2 Å². The van der Waals surface area contributed by atoms with Crippen molar-refractivity contribution in [1.82, 2.24) is 10.6 Å². The molecule has 2 N–H and O–H groups in total. The Morgan fingerprint density at radius 2 is 2.33 bits per heavy atom. The maximum Gasteiger partial charge on any atom is 0.412 e. The zero-order valence-corrected chi connectivity index (χ0v) is 11.2. The van der Waals surface area contributed by atoms with Gasteiger partial charge in [-0.2, -0.15) is 0 Å². The third kappa shape index (κ3) is 4.55. The minimum Gasteiger partial charge on any atom is -0.447 e. The van der Waals surface area contributed by atoms with Crippen LogP contribution in [0, 0.1) is 0 Å². The number of ether oxygens (including phenoxy) is 1. The molecule has 1 aliphatic rings. The van der Waals surface area contributed by atoms with Crippen LogP contribution in [0.5, 0.6) is 0 Å². The number of carbonyl (C=O) groups excluding carboxylic acids is 1. The van der Waals surface area contributed by atoms with E-state index < -0.39 is 6.09 Å². The fraction of sp³-hybridized carbons (Fsp3) is 0.500. The summed E-state index contributed by atoms with van der Waals surface area (Å²) in [6.07, 6.45) is 3.40. The number of dihydropyridines is 1. The van der Waals surface area contributed by atoms with Crippen molar-refractivity contribution in [1.29, 1.82) is 0 Å². The maximum atomic E-state index is 11.3. The van der Waals surface area contributed by atoms with Gasteiger partial charge in [-0.25, -0.2) is 4.79 Å². The van der Waals surface area contributed by atoms with Crippen molar-refractivity contribution in [2.75, 3.05) is 0 Å². The van der Waals surface area contributed by atoms with Gasteiger partial charge in [0.1, 0.15) is 5.82 Å². The lowest BCUT2D eigenvalue weighted by Crippen LogP contribution is -2.37. The minimum atomic E-state index is -0.429. The highest BCUT2D eigenvalue weighted by molar-refractivity contribution is 14.1. The Morgan fingerprint density at radius 3 is 2.87 bits per heavy atom. The number of rotatable bonds is 2. The number of alkyl halides is 1. The summed E-state index contributed by atoms with van der Waals surface area (Å²) in [6, 6.07) is 0. The van der Waals surface area contributed by atoms with E-state index in [1.165, 1.54) is 0 Å². The first-order valence-electron chi connectivity index (χ1n) is 4.75. The summed E-state index contributed by atoms with van der Waals surface area (Å²) in [5, 5.41) is 5.76. The Morgan fingerprint density at radius 1 is 1.67 bits per heavy atom. The molecule has 5 heteroatoms. The van der Waals surface area contributed by atoms with Crippen LogP contribution in [-0.2, 0) is 4.74 Å². The van der Waals surface area contributed by atoms with Gasteiger partial charge in [-0.05, 0) is 38.5 Å². The molecule has 1 rings (SSSR count). The van der Waals surface area contributed by atoms with Crippen LogP contribution in [0.4, 0.5) is 4.79 Å². The molecule has 0 radical (unpaired) electrons. The Kier molecular flexibility index (Phi) is 4.44. The lowest BCUT2D eigenvalue weighted by molar-refractivity contribution is 0.117. The summed E-state index contributed by atoms with van der Waals surface area (Å²) < 4.78 is 5.17. The molecule has 4 nitrogen and oxygen atoms in total. The van der Waals surface area contributed by atoms with E-state index in [4.69, 9.17) is 4.74 Å². The maximum absolute atomic E-state index is 11.3. The Labute approximate surface area is 103 Å². The number of halogens is 1. The summed E-state index contributed by atoms with van der Waals surface area (Å²) in [7, 11) is 0. The van der Waals surface area contributed by atoms with Crippen LogP contribution in [0.2, 0.25) is 0 Å². The fourth-order valence-corrected chi connectivity index (χ4v) is 2.07. The number of amides is 1. The Balaban J connectivity index is 2.52. The normalized spacial score (nSPS) is 20.2. The van der Waals surface area contributed by atoms with E-state index in [9.17, 15) is 4.79 Å². The van der Waals surface area contributed by atoms with E-state index in [0.29, 0.717) is 5.82 Å². The molecule has 1 amide bonds. The number of carbonyl (C=O) groups is 1. The molecular formula is C10H15IN2O2. The van der Waals surface area contributed by atoms with Crippen LogP contribution in [-0.4, -0.2) is 16.2 Å². The molecule has 0 aromatic carbocycles. The summed E-state index contributed by atoms with van der Waals surface area (Å²) in [6.45, 7) is 5.62. The molecule has 1 heterocycles. The molecule has 0 bridgehead atoms. The summed E-state index contributed by atoms with van der Waals surface area (Å²) >= 11 is 2.24. The molecular weight excluding hydrogens is 307 g/mol. The second-order valence-electron chi connectivity index (χ2n) is 3.59. The average molecular weight is 322 g/mol. The second-order valence-corrected chi connectivity index (χ2v) is 4.94. The van der Waals surface area contributed by atoms with Crippen LogP contribution < -0.4 is 10.6 Å². The van der Waals surface area contributed by atoms with Gasteiger partial charge >= 0.3 is 6.09 Å². The molecule has 0 saturated heterocycles. The summed E-state index contributed by atoms with van der Waals surface area (Å²) in [5.74, 6) is 0.681. The summed E-state index contributed by atoms with van der Waals surface area (Å²) in [5.41, 5.74) is 1.12. The van der Waals surface area contributed by atoms with Gasteiger partial charge in [-0.3, -0.25) is 5.32 Å². The number of nitrogens with one attached hydrogen (secondary N) is 2. The first-order valence-corrected chi connectivity index (χ1v) is 6.00. The topological polar surface area (TPSA) is 50.4 Å². The highest BCUT2D eigenvalue weighted by atomic mass is 127. The van der Waals surface area contributed by atoms with Crippen LogP contribution in [0.15, 0.2) is 23.5 Å². The molecule has 0 saturated carbocycles. The first kappa shape index (κ1) is 12.4. The molecule has 0 aromatic rings. The molecule has 1 aliphatic heterocycles. The molecule has 0 aliphatic carbocycles. The SMILES string of the molecule is CC1=CC(I)NC(NC(=O)OC(C)C)=C1. The van der Waals surface area contributed by atoms with E-state index in [1.54, 1.807) is 0 Å². The largest absolute Gasteiger partial charge is 0.447 e. The number of allylic oxidation sites excluding steroid dienone is 2. The standard InChI is InChI=1S/C10H15IN2O2/c1-6(2)15-10(14)13-9-5-7(3)4-8(11)12-9/h4-6,8,12H,1-3H3,(H,13,14). The van der Waals surface area contributed by atoms with Crippen LogP contribution in [0.3, 0.4) is 0 Å². The minimum absolute atomic E-state index is 0.110. The number of alkyl carbamates (subject to hydrolysis) is 1. The first-order chi connectivity index (χ1) is 6.97. The number of hydrogen-bond donors (Lipinski definition) is 2. The van der Waals surface area contributed by atoms with Gasteiger partial charge in [0.15, 0.2) is 0 Å². The van der Waals surface area contributed by atoms with Gasteiger partial charge < -0.3 is 10.1 Å². The number of hydrogen-bond acceptors (Lipinski definition) is 3. The zero-order chi connectivity index (χ0) is 11.4. The summed E-state index contributed by atoms with van der Waals surface area (Å²) in [4.78, 5) is 11.3. The predicted molar refractivity (Wildman–Crippen MR) is 67.5 cm³/mol.